The van der Waals surface area contributed by atoms with E-state index in [9.17, 15) is 14.9 Å². The largest absolute Gasteiger partial charge is 0.496 e. The third-order valence-electron chi connectivity index (χ3n) is 4.21. The first kappa shape index (κ1) is 20.2. The van der Waals surface area contributed by atoms with Crippen molar-refractivity contribution >= 4 is 17.3 Å². The van der Waals surface area contributed by atoms with Gasteiger partial charge in [0.25, 0.3) is 5.91 Å². The molecule has 0 aliphatic heterocycles. The number of nitrogens with zero attached hydrogens (tertiary/aromatic N) is 1. The van der Waals surface area contributed by atoms with E-state index in [0.717, 1.165) is 16.8 Å². The number of para-hydroxylation sites is 1. The number of carbonyl (C=O) groups is 1. The van der Waals surface area contributed by atoms with Gasteiger partial charge in [0.05, 0.1) is 18.1 Å². The van der Waals surface area contributed by atoms with E-state index < -0.39 is 11.0 Å². The third kappa shape index (κ3) is 4.75. The van der Waals surface area contributed by atoms with E-state index in [1.807, 2.05) is 39.0 Å². The van der Waals surface area contributed by atoms with Crippen molar-refractivity contribution in [1.29, 1.82) is 0 Å². The maximum absolute atomic E-state index is 12.6. The molecule has 144 valence electrons. The molecule has 27 heavy (non-hydrogen) atoms. The summed E-state index contributed by atoms with van der Waals surface area (Å²) in [6, 6.07) is 10.1. The van der Waals surface area contributed by atoms with Gasteiger partial charge >= 0.3 is 5.69 Å². The van der Waals surface area contributed by atoms with Gasteiger partial charge in [-0.1, -0.05) is 32.0 Å². The van der Waals surface area contributed by atoms with Crippen molar-refractivity contribution in [1.82, 2.24) is 0 Å². The average Bonchev–Trinajstić information content (AvgIpc) is 2.63. The highest BCUT2D eigenvalue weighted by Crippen LogP contribution is 2.32. The maximum atomic E-state index is 12.6. The van der Waals surface area contributed by atoms with E-state index in [1.165, 1.54) is 19.2 Å². The Hall–Kier alpha value is -3.09. The molecule has 1 amide bonds. The summed E-state index contributed by atoms with van der Waals surface area (Å²) in [5.41, 5.74) is 2.45. The number of methoxy groups -OCH3 is 1. The van der Waals surface area contributed by atoms with E-state index >= 15 is 0 Å². The number of carbonyl (C=O) groups excluding carboxylic acids is 1. The number of nitro benzene ring substituents is 1. The fourth-order valence-corrected chi connectivity index (χ4v) is 2.68. The van der Waals surface area contributed by atoms with Crippen molar-refractivity contribution in [3.63, 3.8) is 0 Å². The maximum Gasteiger partial charge on any atom is 0.314 e. The lowest BCUT2D eigenvalue weighted by atomic mass is 9.98. The second-order valence-electron chi connectivity index (χ2n) is 6.53. The molecule has 0 saturated heterocycles. The standard InChI is InChI=1S/C20H24N2O5/c1-12(2)16-8-6-7-13(3)19(16)21-20(23)14(4)27-18-10-9-15(26-5)11-17(18)22(24)25/h6-12,14H,1-5H3,(H,21,23)/t14-/m0/s1. The van der Waals surface area contributed by atoms with Crippen LogP contribution in [-0.2, 0) is 4.79 Å². The number of amides is 1. The van der Waals surface area contributed by atoms with Crippen LogP contribution < -0.4 is 14.8 Å². The van der Waals surface area contributed by atoms with Crippen LogP contribution in [0.5, 0.6) is 11.5 Å². The number of aryl methyl sites for hydroxylation is 1. The number of nitrogens with one attached hydrogen (secondary N) is 1. The van der Waals surface area contributed by atoms with Crippen LogP contribution in [-0.4, -0.2) is 24.0 Å². The van der Waals surface area contributed by atoms with Gasteiger partial charge in [-0.2, -0.15) is 0 Å². The zero-order chi connectivity index (χ0) is 20.1. The second kappa shape index (κ2) is 8.53. The molecule has 0 bridgehead atoms. The van der Waals surface area contributed by atoms with Crippen LogP contribution in [0.3, 0.4) is 0 Å². The van der Waals surface area contributed by atoms with Gasteiger partial charge in [0.15, 0.2) is 11.9 Å². The van der Waals surface area contributed by atoms with Crippen molar-refractivity contribution < 1.29 is 19.2 Å². The highest BCUT2D eigenvalue weighted by molar-refractivity contribution is 5.95. The highest BCUT2D eigenvalue weighted by atomic mass is 16.6. The van der Waals surface area contributed by atoms with E-state index in [2.05, 4.69) is 5.32 Å². The molecule has 2 aromatic carbocycles. The van der Waals surface area contributed by atoms with Gasteiger partial charge in [-0.15, -0.1) is 0 Å². The van der Waals surface area contributed by atoms with Crippen LogP contribution >= 0.6 is 0 Å². The van der Waals surface area contributed by atoms with Crippen LogP contribution in [0.25, 0.3) is 0 Å². The van der Waals surface area contributed by atoms with E-state index in [0.29, 0.717) is 5.75 Å². The molecule has 1 N–H and O–H groups in total. The summed E-state index contributed by atoms with van der Waals surface area (Å²) in [6.07, 6.45) is -0.920. The first-order chi connectivity index (χ1) is 12.7. The summed E-state index contributed by atoms with van der Waals surface area (Å²) in [7, 11) is 1.42. The lowest BCUT2D eigenvalue weighted by molar-refractivity contribution is -0.386. The summed E-state index contributed by atoms with van der Waals surface area (Å²) in [6.45, 7) is 7.56. The molecule has 0 saturated carbocycles. The molecular weight excluding hydrogens is 348 g/mol. The van der Waals surface area contributed by atoms with Crippen LogP contribution in [0.4, 0.5) is 11.4 Å². The lowest BCUT2D eigenvalue weighted by Gasteiger charge is -2.19. The zero-order valence-corrected chi connectivity index (χ0v) is 16.1. The Morgan fingerprint density at radius 2 is 1.89 bits per heavy atom. The van der Waals surface area contributed by atoms with Crippen LogP contribution in [0, 0.1) is 17.0 Å². The molecule has 0 aliphatic carbocycles. The number of nitro groups is 1. The van der Waals surface area contributed by atoms with E-state index in [1.54, 1.807) is 13.0 Å². The Morgan fingerprint density at radius 1 is 1.19 bits per heavy atom. The first-order valence-corrected chi connectivity index (χ1v) is 8.64. The number of ether oxygens (including phenoxy) is 2. The second-order valence-corrected chi connectivity index (χ2v) is 6.53. The summed E-state index contributed by atoms with van der Waals surface area (Å²) in [4.78, 5) is 23.3. The van der Waals surface area contributed by atoms with Gasteiger partial charge in [0, 0.05) is 5.69 Å². The molecule has 0 radical (unpaired) electrons. The minimum atomic E-state index is -0.920. The van der Waals surface area contributed by atoms with Crippen LogP contribution in [0.2, 0.25) is 0 Å². The predicted molar refractivity (Wildman–Crippen MR) is 104 cm³/mol. The van der Waals surface area contributed by atoms with Crippen molar-refractivity contribution in [3.8, 4) is 11.5 Å². The Labute approximate surface area is 158 Å². The average molecular weight is 372 g/mol. The normalized spacial score (nSPS) is 11.8. The van der Waals surface area contributed by atoms with E-state index in [-0.39, 0.29) is 23.3 Å². The Balaban J connectivity index is 2.22. The summed E-state index contributed by atoms with van der Waals surface area (Å²) in [5.74, 6) is 0.209. The predicted octanol–water partition coefficient (Wildman–Crippen LogP) is 4.44. The lowest BCUT2D eigenvalue weighted by Crippen LogP contribution is -2.31. The molecule has 2 rings (SSSR count). The molecule has 1 atom stereocenters. The zero-order valence-electron chi connectivity index (χ0n) is 16.1. The van der Waals surface area contributed by atoms with Crippen LogP contribution in [0.1, 0.15) is 37.8 Å². The monoisotopic (exact) mass is 372 g/mol. The summed E-state index contributed by atoms with van der Waals surface area (Å²) < 4.78 is 10.6. The van der Waals surface area contributed by atoms with Gasteiger partial charge < -0.3 is 14.8 Å². The van der Waals surface area contributed by atoms with Gasteiger partial charge in [0.2, 0.25) is 0 Å². The Morgan fingerprint density at radius 3 is 2.48 bits per heavy atom. The van der Waals surface area contributed by atoms with E-state index in [4.69, 9.17) is 9.47 Å². The van der Waals surface area contributed by atoms with Crippen molar-refractivity contribution in [2.45, 2.75) is 39.7 Å². The Bertz CT molecular complexity index is 848. The van der Waals surface area contributed by atoms with Crippen LogP contribution in [0.15, 0.2) is 36.4 Å². The molecule has 7 nitrogen and oxygen atoms in total. The van der Waals surface area contributed by atoms with Gasteiger partial charge in [-0.25, -0.2) is 0 Å². The Kier molecular flexibility index (Phi) is 6.39. The molecule has 0 spiro atoms. The number of hydrogen-bond acceptors (Lipinski definition) is 5. The quantitative estimate of drug-likeness (QED) is 0.573. The molecule has 0 aromatic heterocycles. The molecule has 0 unspecified atom stereocenters. The molecule has 2 aromatic rings. The molecule has 0 aliphatic rings. The fraction of sp³-hybridized carbons (Fsp3) is 0.350. The highest BCUT2D eigenvalue weighted by Gasteiger charge is 2.23. The van der Waals surface area contributed by atoms with Gasteiger partial charge in [-0.05, 0) is 43.0 Å². The number of benzene rings is 2. The number of hydrogen-bond donors (Lipinski definition) is 1. The summed E-state index contributed by atoms with van der Waals surface area (Å²) >= 11 is 0. The third-order valence-corrected chi connectivity index (χ3v) is 4.21. The number of rotatable bonds is 7. The van der Waals surface area contributed by atoms with Crippen molar-refractivity contribution in [3.05, 3.63) is 57.6 Å². The topological polar surface area (TPSA) is 90.7 Å². The molecule has 0 fully saturated rings. The fourth-order valence-electron chi connectivity index (χ4n) is 2.68. The SMILES string of the molecule is COc1ccc(O[C@@H](C)C(=O)Nc2c(C)cccc2C(C)C)c([N+](=O)[O-])c1. The minimum Gasteiger partial charge on any atom is -0.496 e. The van der Waals surface area contributed by atoms with Gasteiger partial charge in [-0.3, -0.25) is 14.9 Å². The smallest absolute Gasteiger partial charge is 0.314 e. The molecule has 7 heteroatoms. The summed E-state index contributed by atoms with van der Waals surface area (Å²) in [5, 5.41) is 14.2. The van der Waals surface area contributed by atoms with Crippen molar-refractivity contribution in [2.75, 3.05) is 12.4 Å². The van der Waals surface area contributed by atoms with Crippen molar-refractivity contribution in [2.24, 2.45) is 0 Å². The first-order valence-electron chi connectivity index (χ1n) is 8.64. The van der Waals surface area contributed by atoms with Gasteiger partial charge in [0.1, 0.15) is 5.75 Å². The number of anilines is 1. The minimum absolute atomic E-state index is 0.0114. The molecular formula is C20H24N2O5. The molecule has 0 heterocycles.